The summed E-state index contributed by atoms with van der Waals surface area (Å²) >= 11 is 7.74. The smallest absolute Gasteiger partial charge is 0.248 e. The lowest BCUT2D eigenvalue weighted by atomic mass is 11.3. The normalized spacial score (nSPS) is 13.7. The van der Waals surface area contributed by atoms with Crippen molar-refractivity contribution in [1.29, 1.82) is 0 Å². The van der Waals surface area contributed by atoms with E-state index in [0.717, 1.165) is 4.31 Å². The molecule has 0 bridgehead atoms. The lowest BCUT2D eigenvalue weighted by Gasteiger charge is -2.10. The van der Waals surface area contributed by atoms with Gasteiger partial charge in [-0.25, -0.2) is 4.72 Å². The Labute approximate surface area is 78.9 Å². The lowest BCUT2D eigenvalue weighted by molar-refractivity contribution is 0.517. The molecular weight excluding hydrogens is 257 g/mol. The van der Waals surface area contributed by atoms with Gasteiger partial charge in [0.15, 0.2) is 4.74 Å². The van der Waals surface area contributed by atoms with Crippen LogP contribution in [-0.4, -0.2) is 31.6 Å². The van der Waals surface area contributed by atoms with Gasteiger partial charge in [0, 0.05) is 25.9 Å². The van der Waals surface area contributed by atoms with Crippen LogP contribution in [0.3, 0.4) is 0 Å². The lowest BCUT2D eigenvalue weighted by Crippen LogP contribution is -2.37. The molecule has 0 spiro atoms. The quantitative estimate of drug-likeness (QED) is 0.443. The molecule has 0 amide bonds. The van der Waals surface area contributed by atoms with Crippen LogP contribution in [0.4, 0.5) is 0 Å². The largest absolute Gasteiger partial charge is 0.302 e. The number of nitrogens with one attached hydrogen (secondary N) is 1. The van der Waals surface area contributed by atoms with E-state index in [2.05, 4.69) is 20.4 Å². The second-order valence-electron chi connectivity index (χ2n) is 1.76. The highest BCUT2D eigenvalue weighted by atomic mass is 79.9. The Morgan fingerprint density at radius 3 is 2.36 bits per heavy atom. The van der Waals surface area contributed by atoms with E-state index in [-0.39, 0.29) is 4.74 Å². The van der Waals surface area contributed by atoms with Gasteiger partial charge in [0.2, 0.25) is 0 Å². The molecule has 0 saturated heterocycles. The molecule has 0 saturated carbocycles. The van der Waals surface area contributed by atoms with Gasteiger partial charge >= 0.3 is 10.2 Å². The van der Waals surface area contributed by atoms with Gasteiger partial charge in [-0.2, -0.15) is 17.2 Å². The van der Waals surface area contributed by atoms with Gasteiger partial charge in [-0.1, -0.05) is 0 Å². The van der Waals surface area contributed by atoms with Gasteiger partial charge in [0.25, 0.3) is 0 Å². The topological polar surface area (TPSA) is 61.8 Å². The van der Waals surface area contributed by atoms with Gasteiger partial charge in [0.1, 0.15) is 0 Å². The SMILES string of the molecule is CN(C)S(=O)(=O)N/C(Br)=N\Cl. The molecule has 0 aromatic heterocycles. The third-order valence-corrected chi connectivity index (χ3v) is 3.19. The zero-order chi connectivity index (χ0) is 9.07. The molecule has 8 heteroatoms. The van der Waals surface area contributed by atoms with E-state index in [4.69, 9.17) is 11.8 Å². The Morgan fingerprint density at radius 1 is 1.64 bits per heavy atom. The molecule has 0 aliphatic rings. The first kappa shape index (κ1) is 11.2. The van der Waals surface area contributed by atoms with Crippen molar-refractivity contribution < 1.29 is 8.42 Å². The summed E-state index contributed by atoms with van der Waals surface area (Å²) in [6, 6.07) is 0. The molecule has 0 fully saturated rings. The van der Waals surface area contributed by atoms with Crippen LogP contribution in [0, 0.1) is 0 Å². The maximum Gasteiger partial charge on any atom is 0.302 e. The summed E-state index contributed by atoms with van der Waals surface area (Å²) in [7, 11) is -0.717. The fraction of sp³-hybridized carbons (Fsp3) is 0.667. The van der Waals surface area contributed by atoms with Crippen LogP contribution in [0.5, 0.6) is 0 Å². The molecule has 0 aromatic rings. The predicted octanol–water partition coefficient (Wildman–Crippen LogP) is 0.287. The molecule has 0 heterocycles. The molecule has 0 radical (unpaired) electrons. The average molecular weight is 265 g/mol. The van der Waals surface area contributed by atoms with E-state index in [1.54, 1.807) is 0 Å². The van der Waals surface area contributed by atoms with Gasteiger partial charge in [-0.3, -0.25) is 0 Å². The zero-order valence-corrected chi connectivity index (χ0v) is 9.03. The Morgan fingerprint density at radius 2 is 2.09 bits per heavy atom. The molecule has 0 unspecified atom stereocenters. The van der Waals surface area contributed by atoms with Crippen LogP contribution in [0.25, 0.3) is 0 Å². The van der Waals surface area contributed by atoms with Crippen LogP contribution < -0.4 is 4.72 Å². The van der Waals surface area contributed by atoms with Crippen molar-refractivity contribution >= 4 is 42.7 Å². The molecule has 0 rings (SSSR count). The molecule has 11 heavy (non-hydrogen) atoms. The summed E-state index contributed by atoms with van der Waals surface area (Å²) in [6.45, 7) is 0. The summed E-state index contributed by atoms with van der Waals surface area (Å²) < 4.78 is 27.9. The highest BCUT2D eigenvalue weighted by molar-refractivity contribution is 9.18. The first-order chi connectivity index (χ1) is 4.90. The Balaban J connectivity index is 4.39. The van der Waals surface area contributed by atoms with Crippen molar-refractivity contribution in [3.63, 3.8) is 0 Å². The van der Waals surface area contributed by atoms with E-state index in [0.29, 0.717) is 0 Å². The van der Waals surface area contributed by atoms with Crippen LogP contribution in [-0.2, 0) is 10.2 Å². The average Bonchev–Trinajstić information content (AvgIpc) is 1.86. The zero-order valence-electron chi connectivity index (χ0n) is 5.88. The van der Waals surface area contributed by atoms with Crippen LogP contribution in [0.2, 0.25) is 0 Å². The number of rotatable bonds is 2. The highest BCUT2D eigenvalue weighted by Gasteiger charge is 2.13. The number of amidine groups is 1. The second-order valence-corrected chi connectivity index (χ2v) is 4.57. The van der Waals surface area contributed by atoms with Crippen LogP contribution >= 0.6 is 27.7 Å². The molecule has 0 aliphatic carbocycles. The minimum absolute atomic E-state index is 0.0483. The summed E-state index contributed by atoms with van der Waals surface area (Å²) in [5.41, 5.74) is 0. The van der Waals surface area contributed by atoms with Crippen LogP contribution in [0.1, 0.15) is 0 Å². The molecule has 1 N–H and O–H groups in total. The standard InChI is InChI=1S/C3H7BrClN3O2S/c1-8(2)11(9,10)7-3(4)6-5/h1-2H3,(H,6,7). The Bertz CT molecular complexity index is 249. The van der Waals surface area contributed by atoms with Gasteiger partial charge < -0.3 is 0 Å². The third-order valence-electron chi connectivity index (χ3n) is 0.768. The van der Waals surface area contributed by atoms with E-state index >= 15 is 0 Å². The first-order valence-corrected chi connectivity index (χ1v) is 5.02. The first-order valence-electron chi connectivity index (χ1n) is 2.45. The van der Waals surface area contributed by atoms with Crippen molar-refractivity contribution in [1.82, 2.24) is 9.03 Å². The summed E-state index contributed by atoms with van der Waals surface area (Å²) in [5, 5.41) is 0. The molecule has 0 aromatic carbocycles. The maximum atomic E-state index is 10.9. The summed E-state index contributed by atoms with van der Waals surface area (Å²) in [6.07, 6.45) is 0. The number of halogens is 2. The minimum atomic E-state index is -3.49. The molecule has 0 atom stereocenters. The predicted molar refractivity (Wildman–Crippen MR) is 48.0 cm³/mol. The van der Waals surface area contributed by atoms with Crippen LogP contribution in [0.15, 0.2) is 4.51 Å². The van der Waals surface area contributed by atoms with Crippen molar-refractivity contribution in [2.24, 2.45) is 4.51 Å². The minimum Gasteiger partial charge on any atom is -0.248 e. The number of nitrogens with zero attached hydrogens (tertiary/aromatic N) is 2. The van der Waals surface area contributed by atoms with E-state index < -0.39 is 10.2 Å². The van der Waals surface area contributed by atoms with Crippen molar-refractivity contribution in [3.05, 3.63) is 0 Å². The number of hydrogen-bond donors (Lipinski definition) is 1. The van der Waals surface area contributed by atoms with E-state index in [1.807, 2.05) is 4.72 Å². The number of hydrogen-bond acceptors (Lipinski definition) is 3. The van der Waals surface area contributed by atoms with E-state index in [1.165, 1.54) is 14.1 Å². The maximum absolute atomic E-state index is 10.9. The van der Waals surface area contributed by atoms with Gasteiger partial charge in [0.05, 0.1) is 0 Å². The molecule has 5 nitrogen and oxygen atoms in total. The Hall–Kier alpha value is 0.150. The molecule has 0 aliphatic heterocycles. The molecular formula is C3H7BrClN3O2S. The summed E-state index contributed by atoms with van der Waals surface area (Å²) in [5.74, 6) is 0. The highest BCUT2D eigenvalue weighted by Crippen LogP contribution is 1.94. The van der Waals surface area contributed by atoms with E-state index in [9.17, 15) is 8.42 Å². The van der Waals surface area contributed by atoms with Crippen molar-refractivity contribution in [2.45, 2.75) is 0 Å². The van der Waals surface area contributed by atoms with Gasteiger partial charge in [-0.15, -0.1) is 0 Å². The fourth-order valence-corrected chi connectivity index (χ4v) is 1.36. The Kier molecular flexibility index (Phi) is 4.30. The molecule has 66 valence electrons. The summed E-state index contributed by atoms with van der Waals surface area (Å²) in [4.78, 5) is 0. The monoisotopic (exact) mass is 263 g/mol. The van der Waals surface area contributed by atoms with Crippen molar-refractivity contribution in [2.75, 3.05) is 14.1 Å². The van der Waals surface area contributed by atoms with Crippen molar-refractivity contribution in [3.8, 4) is 0 Å². The fourth-order valence-electron chi connectivity index (χ4n) is 0.215. The van der Waals surface area contributed by atoms with Gasteiger partial charge in [-0.05, 0) is 15.9 Å². The third kappa shape index (κ3) is 3.90. The second kappa shape index (κ2) is 4.24.